The van der Waals surface area contributed by atoms with E-state index in [1.807, 2.05) is 6.07 Å². The lowest BCUT2D eigenvalue weighted by Crippen LogP contribution is -2.41. The predicted molar refractivity (Wildman–Crippen MR) is 147 cm³/mol. The van der Waals surface area contributed by atoms with E-state index in [4.69, 9.17) is 17.0 Å². The lowest BCUT2D eigenvalue weighted by atomic mass is 9.91. The van der Waals surface area contributed by atoms with Crippen molar-refractivity contribution in [2.24, 2.45) is 11.8 Å². The maximum atomic E-state index is 13.2. The number of hydrogen-bond donors (Lipinski definition) is 5. The summed E-state index contributed by atoms with van der Waals surface area (Å²) in [4.78, 5) is 27.3. The van der Waals surface area contributed by atoms with Gasteiger partial charge < -0.3 is 21.3 Å². The van der Waals surface area contributed by atoms with Gasteiger partial charge in [0.2, 0.25) is 5.91 Å². The van der Waals surface area contributed by atoms with Crippen molar-refractivity contribution in [3.05, 3.63) is 40.3 Å². The van der Waals surface area contributed by atoms with Crippen LogP contribution in [0.1, 0.15) is 52.9 Å². The van der Waals surface area contributed by atoms with Crippen molar-refractivity contribution >= 4 is 60.9 Å². The first-order valence-corrected chi connectivity index (χ1v) is 15.5. The van der Waals surface area contributed by atoms with E-state index >= 15 is 0 Å². The molecule has 0 saturated heterocycles. The number of thiocarbonyl (C=S) groups is 1. The van der Waals surface area contributed by atoms with Crippen LogP contribution in [0.2, 0.25) is 0 Å². The molecule has 3 aliphatic rings. The van der Waals surface area contributed by atoms with Crippen LogP contribution < -0.4 is 21.3 Å². The number of aryl methyl sites for hydroxylation is 1. The average molecular weight is 546 g/mol. The standard InChI is InChI=1S/C25H31N5O3S3/c1-36(26,33)18-4-2-3-16(11-18)28-25(34)29-17-9-10-20-19(12-17)21(23(32)27-13-14-5-6-14)24(35-20)30-22(31)15-7-8-15/h2-4,11,14-15,17,26H,5-10,12-13H2,1H3,(H,27,32)(H,30,31)(H2,28,29,34)/t17-,36?/m0/s1. The quantitative estimate of drug-likeness (QED) is 0.318. The summed E-state index contributed by atoms with van der Waals surface area (Å²) in [6.07, 6.45) is 7.82. The molecule has 1 aromatic carbocycles. The van der Waals surface area contributed by atoms with E-state index in [0.717, 1.165) is 49.0 Å². The fourth-order valence-corrected chi connectivity index (χ4v) is 6.63. The zero-order valence-corrected chi connectivity index (χ0v) is 22.6. The molecule has 11 heteroatoms. The lowest BCUT2D eigenvalue weighted by Gasteiger charge is -2.25. The molecule has 1 heterocycles. The molecule has 2 amide bonds. The molecule has 192 valence electrons. The minimum absolute atomic E-state index is 0.0100. The van der Waals surface area contributed by atoms with Crippen molar-refractivity contribution in [3.8, 4) is 0 Å². The van der Waals surface area contributed by atoms with Crippen LogP contribution in [0.4, 0.5) is 10.7 Å². The molecular formula is C25H31N5O3S3. The van der Waals surface area contributed by atoms with Crippen LogP contribution in [-0.4, -0.2) is 40.0 Å². The minimum atomic E-state index is -2.82. The Morgan fingerprint density at radius 2 is 1.94 bits per heavy atom. The normalized spacial score (nSPS) is 20.5. The molecule has 1 aromatic heterocycles. The van der Waals surface area contributed by atoms with E-state index in [1.54, 1.807) is 18.2 Å². The van der Waals surface area contributed by atoms with Crippen molar-refractivity contribution < 1.29 is 13.8 Å². The first-order chi connectivity index (χ1) is 17.2. The van der Waals surface area contributed by atoms with Crippen molar-refractivity contribution in [1.82, 2.24) is 10.6 Å². The number of hydrogen-bond acceptors (Lipinski definition) is 6. The maximum absolute atomic E-state index is 13.2. The third-order valence-corrected chi connectivity index (χ3v) is 9.38. The van der Waals surface area contributed by atoms with Crippen LogP contribution in [0.25, 0.3) is 0 Å². The second-order valence-electron chi connectivity index (χ2n) is 10.0. The van der Waals surface area contributed by atoms with E-state index in [-0.39, 0.29) is 23.8 Å². The van der Waals surface area contributed by atoms with Crippen LogP contribution in [0.3, 0.4) is 0 Å². The summed E-state index contributed by atoms with van der Waals surface area (Å²) in [6.45, 7) is 0.677. The molecule has 36 heavy (non-hydrogen) atoms. The summed E-state index contributed by atoms with van der Waals surface area (Å²) in [5.41, 5.74) is 2.27. The van der Waals surface area contributed by atoms with Gasteiger partial charge in [-0.25, -0.2) is 8.99 Å². The van der Waals surface area contributed by atoms with Gasteiger partial charge in [0.15, 0.2) is 5.11 Å². The number of fused-ring (bicyclic) bond motifs is 1. The highest BCUT2D eigenvalue weighted by Gasteiger charge is 2.34. The molecule has 5 rings (SSSR count). The average Bonchev–Trinajstić information content (AvgIpc) is 3.74. The van der Waals surface area contributed by atoms with Crippen LogP contribution in [0.5, 0.6) is 0 Å². The van der Waals surface area contributed by atoms with E-state index in [2.05, 4.69) is 21.3 Å². The maximum Gasteiger partial charge on any atom is 0.254 e. The fraction of sp³-hybridized carbons (Fsp3) is 0.480. The largest absolute Gasteiger partial charge is 0.359 e. The molecule has 2 fully saturated rings. The molecule has 0 aliphatic heterocycles. The van der Waals surface area contributed by atoms with Gasteiger partial charge in [-0.2, -0.15) is 0 Å². The number of amides is 2. The monoisotopic (exact) mass is 545 g/mol. The summed E-state index contributed by atoms with van der Waals surface area (Å²) in [7, 11) is -2.82. The molecule has 1 unspecified atom stereocenters. The van der Waals surface area contributed by atoms with E-state index in [1.165, 1.54) is 17.6 Å². The van der Waals surface area contributed by atoms with Crippen LogP contribution in [-0.2, 0) is 27.4 Å². The molecule has 2 aromatic rings. The molecule has 0 bridgehead atoms. The number of thiophene rings is 1. The SMILES string of the molecule is CS(=N)(=O)c1cccc(NC(=S)N[C@H]2CCc3sc(NC(=O)C4CC4)c(C(=O)NCC4CC4)c3C2)c1. The van der Waals surface area contributed by atoms with Gasteiger partial charge >= 0.3 is 0 Å². The van der Waals surface area contributed by atoms with Gasteiger partial charge in [-0.3, -0.25) is 9.59 Å². The summed E-state index contributed by atoms with van der Waals surface area (Å²) in [5.74, 6) is 0.539. The minimum Gasteiger partial charge on any atom is -0.359 e. The molecule has 2 atom stereocenters. The van der Waals surface area contributed by atoms with Gasteiger partial charge in [0, 0.05) is 40.2 Å². The van der Waals surface area contributed by atoms with Crippen LogP contribution >= 0.6 is 23.6 Å². The zero-order chi connectivity index (χ0) is 25.4. The Balaban J connectivity index is 1.29. The number of rotatable bonds is 8. The summed E-state index contributed by atoms with van der Waals surface area (Å²) in [5, 5.41) is 13.7. The molecule has 0 spiro atoms. The highest BCUT2D eigenvalue weighted by molar-refractivity contribution is 7.91. The molecule has 8 nitrogen and oxygen atoms in total. The Labute approximate surface area is 221 Å². The first kappa shape index (κ1) is 25.2. The van der Waals surface area contributed by atoms with Gasteiger partial charge in [0.1, 0.15) is 5.00 Å². The van der Waals surface area contributed by atoms with E-state index < -0.39 is 9.73 Å². The Morgan fingerprint density at radius 1 is 1.17 bits per heavy atom. The number of benzene rings is 1. The number of carbonyl (C=O) groups excluding carboxylic acids is 2. The second kappa shape index (κ2) is 10.1. The topological polar surface area (TPSA) is 123 Å². The van der Waals surface area contributed by atoms with Gasteiger partial charge in [0.25, 0.3) is 5.91 Å². The lowest BCUT2D eigenvalue weighted by molar-refractivity contribution is -0.117. The third-order valence-electron chi connectivity index (χ3n) is 6.80. The summed E-state index contributed by atoms with van der Waals surface area (Å²) >= 11 is 7.06. The van der Waals surface area contributed by atoms with Gasteiger partial charge in [-0.1, -0.05) is 6.07 Å². The van der Waals surface area contributed by atoms with E-state index in [0.29, 0.717) is 45.1 Å². The van der Waals surface area contributed by atoms with Gasteiger partial charge in [-0.05, 0) is 86.8 Å². The van der Waals surface area contributed by atoms with Crippen LogP contribution in [0, 0.1) is 16.6 Å². The first-order valence-electron chi connectivity index (χ1n) is 12.3. The second-order valence-corrected chi connectivity index (χ2v) is 13.7. The number of anilines is 2. The van der Waals surface area contributed by atoms with Gasteiger partial charge in [-0.15, -0.1) is 11.3 Å². The molecule has 2 saturated carbocycles. The summed E-state index contributed by atoms with van der Waals surface area (Å²) in [6, 6.07) is 6.95. The number of carbonyl (C=O) groups is 2. The van der Waals surface area contributed by atoms with Crippen molar-refractivity contribution in [2.75, 3.05) is 23.4 Å². The molecular weight excluding hydrogens is 515 g/mol. The van der Waals surface area contributed by atoms with Crippen LogP contribution in [0.15, 0.2) is 29.2 Å². The van der Waals surface area contributed by atoms with Crippen molar-refractivity contribution in [1.29, 1.82) is 4.78 Å². The zero-order valence-electron chi connectivity index (χ0n) is 20.1. The van der Waals surface area contributed by atoms with E-state index in [9.17, 15) is 13.8 Å². The van der Waals surface area contributed by atoms with Crippen molar-refractivity contribution in [2.45, 2.75) is 55.9 Å². The Morgan fingerprint density at radius 3 is 2.64 bits per heavy atom. The fourth-order valence-electron chi connectivity index (χ4n) is 4.41. The molecule has 5 N–H and O–H groups in total. The highest BCUT2D eigenvalue weighted by atomic mass is 32.2. The molecule has 0 radical (unpaired) electrons. The molecule has 3 aliphatic carbocycles. The highest BCUT2D eigenvalue weighted by Crippen LogP contribution is 2.40. The Hall–Kier alpha value is -2.50. The van der Waals surface area contributed by atoms with Gasteiger partial charge in [0.05, 0.1) is 15.3 Å². The number of nitrogens with one attached hydrogen (secondary N) is 5. The smallest absolute Gasteiger partial charge is 0.254 e. The van der Waals surface area contributed by atoms with Crippen molar-refractivity contribution in [3.63, 3.8) is 0 Å². The summed E-state index contributed by atoms with van der Waals surface area (Å²) < 4.78 is 19.9. The predicted octanol–water partition coefficient (Wildman–Crippen LogP) is 4.12. The Bertz CT molecular complexity index is 1310. The third kappa shape index (κ3) is 6.07. The Kier molecular flexibility index (Phi) is 7.06.